The average molecular weight is 334 g/mol. The Labute approximate surface area is 109 Å². The van der Waals surface area contributed by atoms with Crippen LogP contribution >= 0.6 is 22.6 Å². The largest absolute Gasteiger partial charge is 0.394 e. The molecule has 1 aromatic rings. The fraction of sp³-hybridized carbons (Fsp3) is 0.364. The molecule has 2 amide bonds. The zero-order chi connectivity index (χ0) is 12.1. The lowest BCUT2D eigenvalue weighted by Gasteiger charge is -2.12. The van der Waals surface area contributed by atoms with E-state index < -0.39 is 0 Å². The molecular weight excluding hydrogens is 319 g/mol. The van der Waals surface area contributed by atoms with Crippen LogP contribution in [0, 0.1) is 10.5 Å². The Morgan fingerprint density at radius 2 is 2.25 bits per heavy atom. The van der Waals surface area contributed by atoms with Crippen molar-refractivity contribution >= 4 is 34.3 Å². The van der Waals surface area contributed by atoms with Crippen LogP contribution < -0.4 is 10.6 Å². The molecule has 88 valence electrons. The molecule has 16 heavy (non-hydrogen) atoms. The first kappa shape index (κ1) is 13.2. The second-order valence-electron chi connectivity index (χ2n) is 3.65. The number of halogens is 1. The second-order valence-corrected chi connectivity index (χ2v) is 4.81. The number of urea groups is 1. The van der Waals surface area contributed by atoms with Gasteiger partial charge in [-0.1, -0.05) is 6.07 Å². The highest BCUT2D eigenvalue weighted by Gasteiger charge is 2.06. The topological polar surface area (TPSA) is 61.4 Å². The molecule has 0 spiro atoms. The van der Waals surface area contributed by atoms with E-state index in [1.54, 1.807) is 6.92 Å². The predicted octanol–water partition coefficient (Wildman–Crippen LogP) is 2.10. The lowest BCUT2D eigenvalue weighted by molar-refractivity contribution is 0.229. The Morgan fingerprint density at radius 3 is 2.81 bits per heavy atom. The Bertz CT molecular complexity index is 382. The molecular formula is C11H15IN2O2. The van der Waals surface area contributed by atoms with Gasteiger partial charge in [0.25, 0.3) is 0 Å². The molecule has 4 nitrogen and oxygen atoms in total. The van der Waals surface area contributed by atoms with Crippen LogP contribution in [-0.2, 0) is 0 Å². The predicted molar refractivity (Wildman–Crippen MR) is 72.6 cm³/mol. The SMILES string of the molecule is Cc1ccc(NC(=O)N[C@H](C)CO)cc1I. The fourth-order valence-electron chi connectivity index (χ4n) is 1.11. The zero-order valence-electron chi connectivity index (χ0n) is 9.25. The Hall–Kier alpha value is -0.820. The molecule has 0 unspecified atom stereocenters. The Kier molecular flexibility index (Phi) is 5.01. The van der Waals surface area contributed by atoms with Gasteiger partial charge in [0, 0.05) is 9.26 Å². The lowest BCUT2D eigenvalue weighted by atomic mass is 10.2. The number of hydrogen-bond acceptors (Lipinski definition) is 2. The van der Waals surface area contributed by atoms with Crippen molar-refractivity contribution in [1.82, 2.24) is 5.32 Å². The van der Waals surface area contributed by atoms with Crippen LogP contribution in [-0.4, -0.2) is 23.8 Å². The summed E-state index contributed by atoms with van der Waals surface area (Å²) >= 11 is 2.22. The summed E-state index contributed by atoms with van der Waals surface area (Å²) in [6.07, 6.45) is 0. The number of aliphatic hydroxyl groups is 1. The van der Waals surface area contributed by atoms with Crippen molar-refractivity contribution in [3.05, 3.63) is 27.3 Å². The summed E-state index contributed by atoms with van der Waals surface area (Å²) in [4.78, 5) is 11.4. The maximum atomic E-state index is 11.4. The van der Waals surface area contributed by atoms with E-state index in [0.29, 0.717) is 0 Å². The molecule has 0 radical (unpaired) electrons. The first-order chi connectivity index (χ1) is 7.52. The molecule has 0 bridgehead atoms. The monoisotopic (exact) mass is 334 g/mol. The van der Waals surface area contributed by atoms with Gasteiger partial charge >= 0.3 is 6.03 Å². The second kappa shape index (κ2) is 6.05. The average Bonchev–Trinajstić information content (AvgIpc) is 2.23. The number of aliphatic hydroxyl groups excluding tert-OH is 1. The number of nitrogens with one attached hydrogen (secondary N) is 2. The van der Waals surface area contributed by atoms with Crippen molar-refractivity contribution in [2.75, 3.05) is 11.9 Å². The molecule has 5 heteroatoms. The number of hydrogen-bond donors (Lipinski definition) is 3. The highest BCUT2D eigenvalue weighted by molar-refractivity contribution is 14.1. The zero-order valence-corrected chi connectivity index (χ0v) is 11.4. The first-order valence-electron chi connectivity index (χ1n) is 4.97. The van der Waals surface area contributed by atoms with E-state index in [9.17, 15) is 4.79 Å². The minimum atomic E-state index is -0.304. The van der Waals surface area contributed by atoms with E-state index in [2.05, 4.69) is 33.2 Å². The summed E-state index contributed by atoms with van der Waals surface area (Å²) in [5.41, 5.74) is 1.92. The van der Waals surface area contributed by atoms with Crippen molar-refractivity contribution in [3.63, 3.8) is 0 Å². The molecule has 1 atom stereocenters. The van der Waals surface area contributed by atoms with Crippen LogP contribution in [0.2, 0.25) is 0 Å². The standard InChI is InChI=1S/C11H15IN2O2/c1-7-3-4-9(5-10(7)12)14-11(16)13-8(2)6-15/h3-5,8,15H,6H2,1-2H3,(H2,13,14,16)/t8-/m1/s1. The molecule has 1 rings (SSSR count). The highest BCUT2D eigenvalue weighted by Crippen LogP contribution is 2.16. The third-order valence-electron chi connectivity index (χ3n) is 2.08. The minimum absolute atomic E-state index is 0.0706. The first-order valence-corrected chi connectivity index (χ1v) is 6.05. The van der Waals surface area contributed by atoms with Crippen LogP contribution in [0.1, 0.15) is 12.5 Å². The summed E-state index contributed by atoms with van der Waals surface area (Å²) in [5, 5.41) is 14.1. The van der Waals surface area contributed by atoms with E-state index in [-0.39, 0.29) is 18.7 Å². The summed E-state index contributed by atoms with van der Waals surface area (Å²) < 4.78 is 1.10. The molecule has 0 saturated carbocycles. The third kappa shape index (κ3) is 3.97. The van der Waals surface area contributed by atoms with Crippen LogP contribution in [0.25, 0.3) is 0 Å². The molecule has 0 aliphatic heterocycles. The quantitative estimate of drug-likeness (QED) is 0.742. The maximum absolute atomic E-state index is 11.4. The molecule has 0 saturated heterocycles. The third-order valence-corrected chi connectivity index (χ3v) is 3.24. The van der Waals surface area contributed by atoms with Gasteiger partial charge in [-0.25, -0.2) is 4.79 Å². The van der Waals surface area contributed by atoms with Gasteiger partial charge in [-0.2, -0.15) is 0 Å². The number of rotatable bonds is 3. The Morgan fingerprint density at radius 1 is 1.56 bits per heavy atom. The molecule has 0 aromatic heterocycles. The minimum Gasteiger partial charge on any atom is -0.394 e. The number of amides is 2. The highest BCUT2D eigenvalue weighted by atomic mass is 127. The van der Waals surface area contributed by atoms with E-state index in [0.717, 1.165) is 9.26 Å². The summed E-state index contributed by atoms with van der Waals surface area (Å²) in [6.45, 7) is 3.68. The summed E-state index contributed by atoms with van der Waals surface area (Å²) in [5.74, 6) is 0. The van der Waals surface area contributed by atoms with Crippen LogP contribution in [0.3, 0.4) is 0 Å². The van der Waals surface area contributed by atoms with E-state index >= 15 is 0 Å². The number of carbonyl (C=O) groups is 1. The normalized spacial score (nSPS) is 12.0. The molecule has 0 fully saturated rings. The van der Waals surface area contributed by atoms with Crippen LogP contribution in [0.5, 0.6) is 0 Å². The Balaban J connectivity index is 2.59. The number of aryl methyl sites for hydroxylation is 1. The van der Waals surface area contributed by atoms with E-state index in [1.807, 2.05) is 25.1 Å². The van der Waals surface area contributed by atoms with Gasteiger partial charge in [0.15, 0.2) is 0 Å². The van der Waals surface area contributed by atoms with Gasteiger partial charge in [0.1, 0.15) is 0 Å². The fourth-order valence-corrected chi connectivity index (χ4v) is 1.62. The van der Waals surface area contributed by atoms with Gasteiger partial charge in [-0.3, -0.25) is 0 Å². The van der Waals surface area contributed by atoms with Crippen molar-refractivity contribution in [2.45, 2.75) is 19.9 Å². The van der Waals surface area contributed by atoms with Gasteiger partial charge in [-0.05, 0) is 54.1 Å². The summed E-state index contributed by atoms with van der Waals surface area (Å²) in [7, 11) is 0. The number of carbonyl (C=O) groups excluding carboxylic acids is 1. The molecule has 0 heterocycles. The molecule has 3 N–H and O–H groups in total. The van der Waals surface area contributed by atoms with Gasteiger partial charge in [0.05, 0.1) is 12.6 Å². The van der Waals surface area contributed by atoms with Crippen molar-refractivity contribution in [2.24, 2.45) is 0 Å². The smallest absolute Gasteiger partial charge is 0.319 e. The van der Waals surface area contributed by atoms with Crippen molar-refractivity contribution < 1.29 is 9.90 Å². The van der Waals surface area contributed by atoms with E-state index in [4.69, 9.17) is 5.11 Å². The van der Waals surface area contributed by atoms with Crippen molar-refractivity contribution in [1.29, 1.82) is 0 Å². The number of benzene rings is 1. The molecule has 1 aromatic carbocycles. The lowest BCUT2D eigenvalue weighted by Crippen LogP contribution is -2.38. The molecule has 0 aliphatic rings. The van der Waals surface area contributed by atoms with Gasteiger partial charge in [-0.15, -0.1) is 0 Å². The van der Waals surface area contributed by atoms with Crippen LogP contribution in [0.4, 0.5) is 10.5 Å². The van der Waals surface area contributed by atoms with Gasteiger partial charge in [0.2, 0.25) is 0 Å². The number of anilines is 1. The van der Waals surface area contributed by atoms with E-state index in [1.165, 1.54) is 5.56 Å². The van der Waals surface area contributed by atoms with Crippen molar-refractivity contribution in [3.8, 4) is 0 Å². The molecule has 0 aliphatic carbocycles. The van der Waals surface area contributed by atoms with Gasteiger partial charge < -0.3 is 15.7 Å². The maximum Gasteiger partial charge on any atom is 0.319 e. The van der Waals surface area contributed by atoms with Crippen LogP contribution in [0.15, 0.2) is 18.2 Å². The summed E-state index contributed by atoms with van der Waals surface area (Å²) in [6, 6.07) is 5.15.